The third-order valence-corrected chi connectivity index (χ3v) is 1.46. The van der Waals surface area contributed by atoms with Gasteiger partial charge in [0.2, 0.25) is 0 Å². The van der Waals surface area contributed by atoms with E-state index in [1.165, 1.54) is 18.3 Å². The molecule has 0 bridgehead atoms. The van der Waals surface area contributed by atoms with Crippen LogP contribution in [0.15, 0.2) is 23.4 Å². The average Bonchev–Trinajstić information content (AvgIpc) is 2.03. The summed E-state index contributed by atoms with van der Waals surface area (Å²) in [6, 6.07) is 4.26. The SMILES string of the molecule is ON=CCc1ccc(O)cc1O. The Morgan fingerprint density at radius 1 is 1.33 bits per heavy atom. The highest BCUT2D eigenvalue weighted by Crippen LogP contribution is 2.22. The molecule has 0 aliphatic rings. The Balaban J connectivity index is 2.86. The summed E-state index contributed by atoms with van der Waals surface area (Å²) >= 11 is 0. The van der Waals surface area contributed by atoms with E-state index in [-0.39, 0.29) is 11.5 Å². The van der Waals surface area contributed by atoms with Crippen molar-refractivity contribution in [3.8, 4) is 11.5 Å². The maximum atomic E-state index is 9.21. The standard InChI is InChI=1S/C8H9NO3/c10-7-2-1-6(3-4-9-12)8(11)5-7/h1-2,4-5,10-12H,3H2. The fourth-order valence-electron chi connectivity index (χ4n) is 0.864. The first-order valence-corrected chi connectivity index (χ1v) is 3.41. The average molecular weight is 167 g/mol. The molecule has 12 heavy (non-hydrogen) atoms. The van der Waals surface area contributed by atoms with Gasteiger partial charge in [-0.05, 0) is 11.6 Å². The summed E-state index contributed by atoms with van der Waals surface area (Å²) < 4.78 is 0. The quantitative estimate of drug-likeness (QED) is 0.351. The molecular formula is C8H9NO3. The lowest BCUT2D eigenvalue weighted by Crippen LogP contribution is -1.86. The monoisotopic (exact) mass is 167 g/mol. The predicted octanol–water partition coefficient (Wildman–Crippen LogP) is 1.10. The van der Waals surface area contributed by atoms with Crippen LogP contribution in [0.4, 0.5) is 0 Å². The zero-order valence-corrected chi connectivity index (χ0v) is 6.31. The van der Waals surface area contributed by atoms with E-state index in [9.17, 15) is 5.11 Å². The number of phenolic OH excluding ortho intramolecular Hbond substituents is 2. The molecule has 0 saturated heterocycles. The van der Waals surface area contributed by atoms with Crippen LogP contribution in [0.25, 0.3) is 0 Å². The molecule has 1 aromatic rings. The topological polar surface area (TPSA) is 73.1 Å². The summed E-state index contributed by atoms with van der Waals surface area (Å²) in [5, 5.41) is 29.0. The number of hydrogen-bond donors (Lipinski definition) is 3. The normalized spacial score (nSPS) is 10.7. The molecule has 1 aromatic carbocycles. The minimum atomic E-state index is -0.00472. The van der Waals surface area contributed by atoms with E-state index in [1.807, 2.05) is 0 Å². The van der Waals surface area contributed by atoms with Crippen LogP contribution in [0.1, 0.15) is 5.56 Å². The molecule has 0 atom stereocenters. The van der Waals surface area contributed by atoms with Crippen LogP contribution >= 0.6 is 0 Å². The first-order chi connectivity index (χ1) is 5.74. The minimum absolute atomic E-state index is 0.00472. The number of hydrogen-bond acceptors (Lipinski definition) is 4. The maximum absolute atomic E-state index is 9.21. The van der Waals surface area contributed by atoms with Gasteiger partial charge in [-0.1, -0.05) is 6.07 Å². The van der Waals surface area contributed by atoms with Crippen LogP contribution in [-0.2, 0) is 6.42 Å². The number of aromatic hydroxyl groups is 2. The fraction of sp³-hybridized carbons (Fsp3) is 0.125. The maximum Gasteiger partial charge on any atom is 0.122 e. The number of benzene rings is 1. The van der Waals surface area contributed by atoms with Crippen molar-refractivity contribution in [2.45, 2.75) is 6.42 Å². The zero-order valence-electron chi connectivity index (χ0n) is 6.31. The molecular weight excluding hydrogens is 158 g/mol. The highest BCUT2D eigenvalue weighted by Gasteiger charge is 1.99. The van der Waals surface area contributed by atoms with Gasteiger partial charge in [0.1, 0.15) is 11.5 Å². The summed E-state index contributed by atoms with van der Waals surface area (Å²) in [6.07, 6.45) is 1.59. The summed E-state index contributed by atoms with van der Waals surface area (Å²) in [6.45, 7) is 0. The first-order valence-electron chi connectivity index (χ1n) is 3.41. The van der Waals surface area contributed by atoms with Crippen LogP contribution in [0.2, 0.25) is 0 Å². The van der Waals surface area contributed by atoms with E-state index in [1.54, 1.807) is 6.07 Å². The van der Waals surface area contributed by atoms with E-state index < -0.39 is 0 Å². The second-order valence-corrected chi connectivity index (χ2v) is 2.32. The first kappa shape index (κ1) is 8.39. The van der Waals surface area contributed by atoms with Gasteiger partial charge in [0, 0.05) is 18.7 Å². The van der Waals surface area contributed by atoms with Crippen LogP contribution in [0.5, 0.6) is 11.5 Å². The van der Waals surface area contributed by atoms with Crippen molar-refractivity contribution in [2.75, 3.05) is 0 Å². The van der Waals surface area contributed by atoms with Gasteiger partial charge in [0.15, 0.2) is 0 Å². The van der Waals surface area contributed by atoms with E-state index in [0.29, 0.717) is 12.0 Å². The van der Waals surface area contributed by atoms with E-state index in [4.69, 9.17) is 10.3 Å². The van der Waals surface area contributed by atoms with Crippen molar-refractivity contribution in [1.29, 1.82) is 0 Å². The van der Waals surface area contributed by atoms with Gasteiger partial charge in [-0.3, -0.25) is 0 Å². The smallest absolute Gasteiger partial charge is 0.122 e. The molecule has 0 unspecified atom stereocenters. The third kappa shape index (κ3) is 1.88. The number of oxime groups is 1. The highest BCUT2D eigenvalue weighted by atomic mass is 16.4. The Morgan fingerprint density at radius 2 is 2.08 bits per heavy atom. The Kier molecular flexibility index (Phi) is 2.53. The molecule has 0 spiro atoms. The number of nitrogens with zero attached hydrogens (tertiary/aromatic N) is 1. The lowest BCUT2D eigenvalue weighted by Gasteiger charge is -2.00. The van der Waals surface area contributed by atoms with Gasteiger partial charge in [-0.2, -0.15) is 0 Å². The minimum Gasteiger partial charge on any atom is -0.508 e. The second-order valence-electron chi connectivity index (χ2n) is 2.32. The largest absolute Gasteiger partial charge is 0.508 e. The number of phenols is 2. The van der Waals surface area contributed by atoms with Crippen molar-refractivity contribution in [3.63, 3.8) is 0 Å². The number of rotatable bonds is 2. The molecule has 3 N–H and O–H groups in total. The second kappa shape index (κ2) is 3.61. The Labute approximate surface area is 69.4 Å². The van der Waals surface area contributed by atoms with Crippen molar-refractivity contribution in [1.82, 2.24) is 0 Å². The highest BCUT2D eigenvalue weighted by molar-refractivity contribution is 5.62. The Hall–Kier alpha value is -1.71. The Bertz CT molecular complexity index is 296. The van der Waals surface area contributed by atoms with Crippen LogP contribution in [0, 0.1) is 0 Å². The molecule has 0 aliphatic carbocycles. The van der Waals surface area contributed by atoms with Crippen LogP contribution < -0.4 is 0 Å². The molecule has 1 rings (SSSR count). The Morgan fingerprint density at radius 3 is 2.67 bits per heavy atom. The van der Waals surface area contributed by atoms with E-state index in [0.717, 1.165) is 0 Å². The molecule has 0 saturated carbocycles. The predicted molar refractivity (Wildman–Crippen MR) is 43.8 cm³/mol. The lowest BCUT2D eigenvalue weighted by atomic mass is 10.1. The van der Waals surface area contributed by atoms with Crippen molar-refractivity contribution in [3.05, 3.63) is 23.8 Å². The van der Waals surface area contributed by atoms with Gasteiger partial charge in [0.05, 0.1) is 0 Å². The molecule has 4 heteroatoms. The zero-order chi connectivity index (χ0) is 8.97. The van der Waals surface area contributed by atoms with Gasteiger partial charge < -0.3 is 15.4 Å². The molecule has 0 amide bonds. The summed E-state index contributed by atoms with van der Waals surface area (Å²) in [5.41, 5.74) is 0.602. The van der Waals surface area contributed by atoms with Crippen LogP contribution in [-0.4, -0.2) is 21.6 Å². The molecule has 64 valence electrons. The van der Waals surface area contributed by atoms with E-state index >= 15 is 0 Å². The molecule has 0 heterocycles. The van der Waals surface area contributed by atoms with E-state index in [2.05, 4.69) is 5.16 Å². The van der Waals surface area contributed by atoms with Crippen molar-refractivity contribution >= 4 is 6.21 Å². The summed E-state index contributed by atoms with van der Waals surface area (Å²) in [4.78, 5) is 0. The van der Waals surface area contributed by atoms with Crippen molar-refractivity contribution in [2.24, 2.45) is 5.16 Å². The lowest BCUT2D eigenvalue weighted by molar-refractivity contribution is 0.320. The van der Waals surface area contributed by atoms with Gasteiger partial charge in [-0.25, -0.2) is 0 Å². The third-order valence-electron chi connectivity index (χ3n) is 1.46. The summed E-state index contributed by atoms with van der Waals surface area (Å²) in [7, 11) is 0. The summed E-state index contributed by atoms with van der Waals surface area (Å²) in [5.74, 6) is 0.00656. The molecule has 0 radical (unpaired) electrons. The van der Waals surface area contributed by atoms with Gasteiger partial charge in [0.25, 0.3) is 0 Å². The van der Waals surface area contributed by atoms with Crippen molar-refractivity contribution < 1.29 is 15.4 Å². The molecule has 0 aliphatic heterocycles. The fourth-order valence-corrected chi connectivity index (χ4v) is 0.864. The molecule has 0 fully saturated rings. The van der Waals surface area contributed by atoms with Gasteiger partial charge >= 0.3 is 0 Å². The van der Waals surface area contributed by atoms with Crippen LogP contribution in [0.3, 0.4) is 0 Å². The molecule has 0 aromatic heterocycles. The van der Waals surface area contributed by atoms with Gasteiger partial charge in [-0.15, -0.1) is 5.16 Å². The molecule has 4 nitrogen and oxygen atoms in total.